The molecule has 1 saturated heterocycles. The first-order valence-corrected chi connectivity index (χ1v) is 12.2. The molecule has 0 saturated carbocycles. The predicted molar refractivity (Wildman–Crippen MR) is 124 cm³/mol. The Morgan fingerprint density at radius 1 is 1.03 bits per heavy atom. The minimum absolute atomic E-state index is 0.0979. The summed E-state index contributed by atoms with van der Waals surface area (Å²) in [5, 5.41) is 0. The minimum atomic E-state index is -4.24. The molecule has 2 aromatic carbocycles. The van der Waals surface area contributed by atoms with E-state index in [-0.39, 0.29) is 49.1 Å². The van der Waals surface area contributed by atoms with Crippen molar-refractivity contribution in [2.75, 3.05) is 50.7 Å². The Morgan fingerprint density at radius 2 is 1.65 bits per heavy atom. The molecule has 1 heterocycles. The molecule has 3 rings (SSSR count). The average molecular weight is 494 g/mol. The van der Waals surface area contributed by atoms with Gasteiger partial charge in [-0.25, -0.2) is 17.6 Å². The van der Waals surface area contributed by atoms with E-state index in [1.54, 1.807) is 26.0 Å². The molecule has 1 aliphatic heterocycles. The molecular formula is C23H28FN3O6S. The highest BCUT2D eigenvalue weighted by Crippen LogP contribution is 2.31. The summed E-state index contributed by atoms with van der Waals surface area (Å²) in [7, 11) is -2.88. The quantitative estimate of drug-likeness (QED) is 0.588. The molecule has 0 atom stereocenters. The molecule has 0 unspecified atom stereocenters. The predicted octanol–water partition coefficient (Wildman–Crippen LogP) is 2.64. The maximum absolute atomic E-state index is 13.7. The van der Waals surface area contributed by atoms with Crippen LogP contribution in [0, 0.1) is 12.7 Å². The molecule has 184 valence electrons. The Kier molecular flexibility index (Phi) is 7.98. The second-order valence-corrected chi connectivity index (χ2v) is 9.54. The lowest BCUT2D eigenvalue weighted by Crippen LogP contribution is -2.53. The number of nitrogens with zero attached hydrogens (tertiary/aromatic N) is 3. The molecule has 0 radical (unpaired) electrons. The van der Waals surface area contributed by atoms with E-state index in [0.29, 0.717) is 5.56 Å². The monoisotopic (exact) mass is 493 g/mol. The van der Waals surface area contributed by atoms with Crippen LogP contribution in [0.3, 0.4) is 0 Å². The second-order valence-electron chi connectivity index (χ2n) is 7.71. The number of carbonyl (C=O) groups excluding carboxylic acids is 2. The van der Waals surface area contributed by atoms with E-state index < -0.39 is 34.4 Å². The number of aryl methyl sites for hydroxylation is 1. The van der Waals surface area contributed by atoms with Gasteiger partial charge in [0.25, 0.3) is 10.0 Å². The second kappa shape index (κ2) is 10.7. The van der Waals surface area contributed by atoms with Crippen LogP contribution in [-0.2, 0) is 19.6 Å². The zero-order valence-corrected chi connectivity index (χ0v) is 20.2. The average Bonchev–Trinajstić information content (AvgIpc) is 2.83. The van der Waals surface area contributed by atoms with Gasteiger partial charge in [0.15, 0.2) is 0 Å². The number of methoxy groups -OCH3 is 1. The topological polar surface area (TPSA) is 96.5 Å². The first kappa shape index (κ1) is 25.3. The fraction of sp³-hybridized carbons (Fsp3) is 0.391. The molecule has 1 aliphatic rings. The van der Waals surface area contributed by atoms with Crippen LogP contribution in [0.5, 0.6) is 5.75 Å². The molecule has 34 heavy (non-hydrogen) atoms. The van der Waals surface area contributed by atoms with Gasteiger partial charge in [-0.15, -0.1) is 0 Å². The van der Waals surface area contributed by atoms with Gasteiger partial charge in [-0.3, -0.25) is 9.10 Å². The standard InChI is InChI=1S/C23H28FN3O6S/c1-4-33-23(29)26-13-11-25(12-14-26)22(28)16-27(19-8-6-18(24)7-9-19)34(30,31)21-15-17(2)5-10-20(21)32-3/h5-10,15H,4,11-14,16H2,1-3H3. The van der Waals surface area contributed by atoms with Crippen LogP contribution in [0.15, 0.2) is 47.4 Å². The lowest BCUT2D eigenvalue weighted by Gasteiger charge is -2.35. The van der Waals surface area contributed by atoms with Gasteiger partial charge in [0.1, 0.15) is 23.0 Å². The van der Waals surface area contributed by atoms with Crippen LogP contribution in [-0.4, -0.2) is 76.7 Å². The number of rotatable bonds is 7. The SMILES string of the molecule is CCOC(=O)N1CCN(C(=O)CN(c2ccc(F)cc2)S(=O)(=O)c2cc(C)ccc2OC)CC1. The van der Waals surface area contributed by atoms with Crippen molar-refractivity contribution in [3.05, 3.63) is 53.8 Å². The number of benzene rings is 2. The van der Waals surface area contributed by atoms with Crippen LogP contribution in [0.4, 0.5) is 14.9 Å². The third kappa shape index (κ3) is 5.58. The van der Waals surface area contributed by atoms with Crippen molar-refractivity contribution >= 4 is 27.7 Å². The number of halogens is 1. The molecule has 1 fully saturated rings. The summed E-state index contributed by atoms with van der Waals surface area (Å²) >= 11 is 0. The number of hydrogen-bond donors (Lipinski definition) is 0. The maximum Gasteiger partial charge on any atom is 0.409 e. The zero-order valence-electron chi connectivity index (χ0n) is 19.4. The van der Waals surface area contributed by atoms with E-state index in [2.05, 4.69) is 0 Å². The molecule has 0 aliphatic carbocycles. The Hall–Kier alpha value is -3.34. The first-order valence-electron chi connectivity index (χ1n) is 10.8. The fourth-order valence-electron chi connectivity index (χ4n) is 3.60. The molecular weight excluding hydrogens is 465 g/mol. The van der Waals surface area contributed by atoms with Crippen LogP contribution in [0.1, 0.15) is 12.5 Å². The van der Waals surface area contributed by atoms with Gasteiger partial charge in [-0.05, 0) is 55.8 Å². The van der Waals surface area contributed by atoms with Crippen LogP contribution < -0.4 is 9.04 Å². The molecule has 0 aromatic heterocycles. The highest BCUT2D eigenvalue weighted by atomic mass is 32.2. The van der Waals surface area contributed by atoms with Crippen molar-refractivity contribution in [1.29, 1.82) is 0 Å². The van der Waals surface area contributed by atoms with Gasteiger partial charge in [-0.1, -0.05) is 6.07 Å². The van der Waals surface area contributed by atoms with E-state index >= 15 is 0 Å². The number of amides is 2. The van der Waals surface area contributed by atoms with E-state index in [0.717, 1.165) is 16.4 Å². The third-order valence-electron chi connectivity index (χ3n) is 5.44. The summed E-state index contributed by atoms with van der Waals surface area (Å²) in [5.41, 5.74) is 0.836. The normalized spacial score (nSPS) is 14.0. The fourth-order valence-corrected chi connectivity index (χ4v) is 5.26. The smallest absolute Gasteiger partial charge is 0.409 e. The number of hydrogen-bond acceptors (Lipinski definition) is 6. The Labute approximate surface area is 198 Å². The summed E-state index contributed by atoms with van der Waals surface area (Å²) < 4.78 is 52.1. The molecule has 2 aromatic rings. The van der Waals surface area contributed by atoms with Gasteiger partial charge in [0.05, 0.1) is 19.4 Å². The molecule has 11 heteroatoms. The van der Waals surface area contributed by atoms with Crippen LogP contribution in [0.2, 0.25) is 0 Å². The van der Waals surface area contributed by atoms with E-state index in [4.69, 9.17) is 9.47 Å². The van der Waals surface area contributed by atoms with Gasteiger partial charge < -0.3 is 19.3 Å². The summed E-state index contributed by atoms with van der Waals surface area (Å²) in [6.45, 7) is 4.25. The van der Waals surface area contributed by atoms with Crippen molar-refractivity contribution < 1.29 is 31.9 Å². The van der Waals surface area contributed by atoms with E-state index in [1.165, 1.54) is 35.1 Å². The van der Waals surface area contributed by atoms with E-state index in [9.17, 15) is 22.4 Å². The van der Waals surface area contributed by atoms with Crippen molar-refractivity contribution in [3.8, 4) is 5.75 Å². The molecule has 0 bridgehead atoms. The van der Waals surface area contributed by atoms with Crippen molar-refractivity contribution in [2.45, 2.75) is 18.7 Å². The van der Waals surface area contributed by atoms with Gasteiger partial charge in [-0.2, -0.15) is 0 Å². The lowest BCUT2D eigenvalue weighted by atomic mass is 10.2. The first-order chi connectivity index (χ1) is 16.2. The molecule has 0 spiro atoms. The Balaban J connectivity index is 1.88. The number of piperazine rings is 1. The third-order valence-corrected chi connectivity index (χ3v) is 7.23. The molecule has 2 amide bonds. The summed E-state index contributed by atoms with van der Waals surface area (Å²) in [5.74, 6) is -0.841. The van der Waals surface area contributed by atoms with Crippen LogP contribution in [0.25, 0.3) is 0 Å². The summed E-state index contributed by atoms with van der Waals surface area (Å²) in [6, 6.07) is 9.60. The van der Waals surface area contributed by atoms with Crippen molar-refractivity contribution in [1.82, 2.24) is 9.80 Å². The maximum atomic E-state index is 13.7. The largest absolute Gasteiger partial charge is 0.495 e. The van der Waals surface area contributed by atoms with Gasteiger partial charge >= 0.3 is 6.09 Å². The molecule has 0 N–H and O–H groups in total. The summed E-state index contributed by atoms with van der Waals surface area (Å²) in [6.07, 6.45) is -0.448. The van der Waals surface area contributed by atoms with Gasteiger partial charge in [0, 0.05) is 26.2 Å². The van der Waals surface area contributed by atoms with Crippen molar-refractivity contribution in [2.24, 2.45) is 0 Å². The van der Waals surface area contributed by atoms with E-state index in [1.807, 2.05) is 0 Å². The minimum Gasteiger partial charge on any atom is -0.495 e. The summed E-state index contributed by atoms with van der Waals surface area (Å²) in [4.78, 5) is 27.9. The number of sulfonamides is 1. The van der Waals surface area contributed by atoms with Gasteiger partial charge in [0.2, 0.25) is 5.91 Å². The lowest BCUT2D eigenvalue weighted by molar-refractivity contribution is -0.131. The zero-order chi connectivity index (χ0) is 24.9. The van der Waals surface area contributed by atoms with Crippen LogP contribution >= 0.6 is 0 Å². The van der Waals surface area contributed by atoms with Crippen molar-refractivity contribution in [3.63, 3.8) is 0 Å². The Morgan fingerprint density at radius 3 is 2.24 bits per heavy atom. The Bertz CT molecular complexity index is 1130. The highest BCUT2D eigenvalue weighted by Gasteiger charge is 2.33. The number of ether oxygens (including phenoxy) is 2. The molecule has 9 nitrogen and oxygen atoms in total. The number of anilines is 1. The number of carbonyl (C=O) groups is 2. The highest BCUT2D eigenvalue weighted by molar-refractivity contribution is 7.93.